The van der Waals surface area contributed by atoms with Crippen molar-refractivity contribution in [3.8, 4) is 5.75 Å². The van der Waals surface area contributed by atoms with Crippen LogP contribution in [0.1, 0.15) is 40.1 Å². The number of aryl methyl sites for hydroxylation is 1. The van der Waals surface area contributed by atoms with E-state index in [9.17, 15) is 14.9 Å². The van der Waals surface area contributed by atoms with Crippen molar-refractivity contribution in [2.45, 2.75) is 26.4 Å². The van der Waals surface area contributed by atoms with Crippen LogP contribution in [0.3, 0.4) is 0 Å². The summed E-state index contributed by atoms with van der Waals surface area (Å²) in [5.41, 5.74) is 2.84. The minimum absolute atomic E-state index is 0.200. The van der Waals surface area contributed by atoms with Crippen molar-refractivity contribution in [2.24, 2.45) is 0 Å². The Kier molecular flexibility index (Phi) is 5.92. The van der Waals surface area contributed by atoms with Crippen LogP contribution in [0.25, 0.3) is 0 Å². The van der Waals surface area contributed by atoms with Gasteiger partial charge in [-0.25, -0.2) is 0 Å². The van der Waals surface area contributed by atoms with Crippen molar-refractivity contribution in [1.29, 1.82) is 0 Å². The Morgan fingerprint density at radius 2 is 1.93 bits per heavy atom. The zero-order chi connectivity index (χ0) is 21.0. The number of amides is 1. The van der Waals surface area contributed by atoms with Gasteiger partial charge in [-0.1, -0.05) is 30.3 Å². The fraction of sp³-hybridized carbons (Fsp3) is 0.238. The fourth-order valence-electron chi connectivity index (χ4n) is 3.03. The molecule has 1 heterocycles. The molecule has 0 aliphatic heterocycles. The molecule has 2 aromatic carbocycles. The number of hydrogen-bond donors (Lipinski definition) is 1. The van der Waals surface area contributed by atoms with Crippen LogP contribution in [-0.2, 0) is 6.54 Å². The van der Waals surface area contributed by atoms with Crippen LogP contribution < -0.4 is 10.1 Å². The third-order valence-electron chi connectivity index (χ3n) is 4.70. The van der Waals surface area contributed by atoms with Crippen LogP contribution in [-0.4, -0.2) is 27.7 Å². The van der Waals surface area contributed by atoms with Crippen molar-refractivity contribution in [1.82, 2.24) is 15.1 Å². The molecule has 0 spiro atoms. The number of nitrogens with zero attached hydrogens (tertiary/aromatic N) is 3. The zero-order valence-electron chi connectivity index (χ0n) is 16.5. The molecule has 3 aromatic rings. The Balaban J connectivity index is 1.78. The number of nitrogens with one attached hydrogen (secondary N) is 1. The van der Waals surface area contributed by atoms with E-state index in [0.717, 1.165) is 16.9 Å². The van der Waals surface area contributed by atoms with Gasteiger partial charge in [0.05, 0.1) is 36.6 Å². The fourth-order valence-corrected chi connectivity index (χ4v) is 3.03. The Bertz CT molecular complexity index is 1030. The van der Waals surface area contributed by atoms with E-state index in [4.69, 9.17) is 4.74 Å². The first-order valence-electron chi connectivity index (χ1n) is 9.10. The first-order chi connectivity index (χ1) is 13.9. The normalized spacial score (nSPS) is 11.7. The molecule has 0 saturated carbocycles. The number of hydrogen-bond acceptors (Lipinski definition) is 5. The highest BCUT2D eigenvalue weighted by atomic mass is 16.6. The second kappa shape index (κ2) is 8.55. The van der Waals surface area contributed by atoms with E-state index >= 15 is 0 Å². The highest BCUT2D eigenvalue weighted by molar-refractivity contribution is 5.95. The number of benzene rings is 2. The van der Waals surface area contributed by atoms with E-state index in [2.05, 4.69) is 10.4 Å². The lowest BCUT2D eigenvalue weighted by atomic mass is 10.0. The molecule has 1 unspecified atom stereocenters. The first-order valence-corrected chi connectivity index (χ1v) is 9.10. The highest BCUT2D eigenvalue weighted by Gasteiger charge is 2.19. The summed E-state index contributed by atoms with van der Waals surface area (Å²) < 4.78 is 6.69. The smallest absolute Gasteiger partial charge is 0.390 e. The largest absolute Gasteiger partial charge is 0.497 e. The average Bonchev–Trinajstić information content (AvgIpc) is 3.09. The topological polar surface area (TPSA) is 99.3 Å². The van der Waals surface area contributed by atoms with Gasteiger partial charge in [0.25, 0.3) is 5.91 Å². The number of rotatable bonds is 7. The lowest BCUT2D eigenvalue weighted by Gasteiger charge is -2.16. The molecule has 0 aliphatic carbocycles. The molecule has 0 radical (unpaired) electrons. The summed E-state index contributed by atoms with van der Waals surface area (Å²) in [5, 5.41) is 17.9. The quantitative estimate of drug-likeness (QED) is 0.487. The molecule has 1 N–H and O–H groups in total. The number of ether oxygens (including phenoxy) is 1. The molecule has 0 aliphatic rings. The summed E-state index contributed by atoms with van der Waals surface area (Å²) in [6.07, 6.45) is 0. The van der Waals surface area contributed by atoms with Crippen molar-refractivity contribution < 1.29 is 14.5 Å². The molecule has 150 valence electrons. The van der Waals surface area contributed by atoms with Gasteiger partial charge in [0.1, 0.15) is 5.75 Å². The molecule has 29 heavy (non-hydrogen) atoms. The van der Waals surface area contributed by atoms with Gasteiger partial charge in [0, 0.05) is 5.56 Å². The van der Waals surface area contributed by atoms with Gasteiger partial charge in [-0.2, -0.15) is 4.68 Å². The summed E-state index contributed by atoms with van der Waals surface area (Å²) in [5.74, 6) is 0.321. The zero-order valence-corrected chi connectivity index (χ0v) is 16.5. The Labute approximate surface area is 168 Å². The predicted molar refractivity (Wildman–Crippen MR) is 108 cm³/mol. The monoisotopic (exact) mass is 394 g/mol. The van der Waals surface area contributed by atoms with Gasteiger partial charge in [0.2, 0.25) is 0 Å². The van der Waals surface area contributed by atoms with E-state index in [0.29, 0.717) is 11.3 Å². The molecule has 3 rings (SSSR count). The molecule has 1 amide bonds. The van der Waals surface area contributed by atoms with Gasteiger partial charge in [0.15, 0.2) is 0 Å². The minimum atomic E-state index is -0.529. The van der Waals surface area contributed by atoms with Gasteiger partial charge in [-0.3, -0.25) is 4.79 Å². The summed E-state index contributed by atoms with van der Waals surface area (Å²) in [6.45, 7) is 3.91. The van der Waals surface area contributed by atoms with Crippen molar-refractivity contribution in [3.63, 3.8) is 0 Å². The van der Waals surface area contributed by atoms with E-state index in [1.165, 1.54) is 10.7 Å². The first kappa shape index (κ1) is 20.1. The maximum Gasteiger partial charge on any atom is 0.390 e. The van der Waals surface area contributed by atoms with Crippen LogP contribution in [0.5, 0.6) is 5.75 Å². The molecule has 1 atom stereocenters. The van der Waals surface area contributed by atoms with E-state index in [-0.39, 0.29) is 24.3 Å². The number of carbonyl (C=O) groups is 1. The van der Waals surface area contributed by atoms with Crippen LogP contribution in [0.2, 0.25) is 0 Å². The minimum Gasteiger partial charge on any atom is -0.497 e. The Hall–Kier alpha value is -3.68. The lowest BCUT2D eigenvalue weighted by Crippen LogP contribution is -2.28. The standard InChI is InChI=1S/C21H22N4O4/c1-14-12-20(25(27)28)23-24(14)13-17-6-4-5-7-19(17)21(26)22-15(2)16-8-10-18(29-3)11-9-16/h4-12,15H,13H2,1-3H3,(H,22,26). The molecule has 0 saturated heterocycles. The average molecular weight is 394 g/mol. The molecule has 1 aromatic heterocycles. The molecule has 0 bridgehead atoms. The Morgan fingerprint density at radius 1 is 1.24 bits per heavy atom. The third-order valence-corrected chi connectivity index (χ3v) is 4.70. The predicted octanol–water partition coefficient (Wildman–Crippen LogP) is 3.65. The van der Waals surface area contributed by atoms with Crippen LogP contribution >= 0.6 is 0 Å². The molecule has 8 heteroatoms. The number of carbonyl (C=O) groups excluding carboxylic acids is 1. The number of nitro groups is 1. The molecular weight excluding hydrogens is 372 g/mol. The third kappa shape index (κ3) is 4.60. The van der Waals surface area contributed by atoms with Crippen molar-refractivity contribution >= 4 is 11.7 Å². The Morgan fingerprint density at radius 3 is 2.55 bits per heavy atom. The maximum absolute atomic E-state index is 12.9. The van der Waals surface area contributed by atoms with Crippen LogP contribution in [0.4, 0.5) is 5.82 Å². The van der Waals surface area contributed by atoms with Crippen LogP contribution in [0, 0.1) is 17.0 Å². The SMILES string of the molecule is COc1ccc(C(C)NC(=O)c2ccccc2Cn2nc([N+](=O)[O-])cc2C)cc1. The summed E-state index contributed by atoms with van der Waals surface area (Å²) >= 11 is 0. The van der Waals surface area contributed by atoms with Gasteiger partial charge in [-0.05, 0) is 48.1 Å². The highest BCUT2D eigenvalue weighted by Crippen LogP contribution is 2.19. The maximum atomic E-state index is 12.9. The lowest BCUT2D eigenvalue weighted by molar-refractivity contribution is -0.389. The van der Waals surface area contributed by atoms with Gasteiger partial charge in [-0.15, -0.1) is 0 Å². The van der Waals surface area contributed by atoms with Gasteiger partial charge >= 0.3 is 5.82 Å². The summed E-state index contributed by atoms with van der Waals surface area (Å²) in [4.78, 5) is 23.3. The second-order valence-electron chi connectivity index (χ2n) is 6.68. The van der Waals surface area contributed by atoms with E-state index < -0.39 is 4.92 Å². The van der Waals surface area contributed by atoms with Crippen molar-refractivity contribution in [3.05, 3.63) is 87.1 Å². The molecular formula is C21H22N4O4. The molecule has 8 nitrogen and oxygen atoms in total. The van der Waals surface area contributed by atoms with E-state index in [1.54, 1.807) is 26.2 Å². The number of methoxy groups -OCH3 is 1. The summed E-state index contributed by atoms with van der Waals surface area (Å²) in [6, 6.07) is 15.9. The van der Waals surface area contributed by atoms with Crippen molar-refractivity contribution in [2.75, 3.05) is 7.11 Å². The second-order valence-corrected chi connectivity index (χ2v) is 6.68. The van der Waals surface area contributed by atoms with Gasteiger partial charge < -0.3 is 20.2 Å². The van der Waals surface area contributed by atoms with E-state index in [1.807, 2.05) is 43.3 Å². The number of aromatic nitrogens is 2. The molecule has 0 fully saturated rings. The van der Waals surface area contributed by atoms with Crippen LogP contribution in [0.15, 0.2) is 54.6 Å². The summed E-state index contributed by atoms with van der Waals surface area (Å²) in [7, 11) is 1.60.